The van der Waals surface area contributed by atoms with Crippen LogP contribution in [0.15, 0.2) is 29.4 Å². The van der Waals surface area contributed by atoms with Crippen molar-refractivity contribution in [2.24, 2.45) is 5.16 Å². The predicted molar refractivity (Wildman–Crippen MR) is 107 cm³/mol. The van der Waals surface area contributed by atoms with E-state index in [4.69, 9.17) is 0 Å². The second-order valence-electron chi connectivity index (χ2n) is 7.06. The van der Waals surface area contributed by atoms with Gasteiger partial charge in [-0.3, -0.25) is 0 Å². The van der Waals surface area contributed by atoms with Gasteiger partial charge in [0.1, 0.15) is 5.75 Å². The van der Waals surface area contributed by atoms with Crippen LogP contribution in [0.1, 0.15) is 102 Å². The molecule has 0 saturated heterocycles. The van der Waals surface area contributed by atoms with Crippen molar-refractivity contribution in [2.45, 2.75) is 96.8 Å². The average molecular weight is 348 g/mol. The Balaban J connectivity index is 1.97. The highest BCUT2D eigenvalue weighted by molar-refractivity contribution is 6.02. The highest BCUT2D eigenvalue weighted by Gasteiger charge is 2.08. The standard InChI is InChI=1S/C22H37NO2/c1-2-3-4-5-6-7-8-9-10-11-12-13-14-18-21(23-25)20-17-15-16-19-22(20)24/h15-17,19,24-25H,2-14,18H2,1H3/b23-21-. The molecule has 0 bridgehead atoms. The molecule has 1 rings (SSSR count). The summed E-state index contributed by atoms with van der Waals surface area (Å²) in [5, 5.41) is 22.4. The molecule has 1 aromatic rings. The minimum absolute atomic E-state index is 0.185. The molecule has 0 aliphatic heterocycles. The summed E-state index contributed by atoms with van der Waals surface area (Å²) in [7, 11) is 0. The van der Waals surface area contributed by atoms with E-state index in [-0.39, 0.29) is 5.75 Å². The number of unbranched alkanes of at least 4 members (excludes halogenated alkanes) is 12. The Labute approximate surface area is 154 Å². The van der Waals surface area contributed by atoms with Crippen molar-refractivity contribution < 1.29 is 10.3 Å². The zero-order valence-corrected chi connectivity index (χ0v) is 16.1. The number of benzene rings is 1. The number of phenolic OH excluding ortho intramolecular Hbond substituents is 1. The lowest BCUT2D eigenvalue weighted by molar-refractivity contribution is 0.317. The fourth-order valence-electron chi connectivity index (χ4n) is 3.27. The molecule has 0 heterocycles. The summed E-state index contributed by atoms with van der Waals surface area (Å²) < 4.78 is 0. The maximum atomic E-state index is 9.82. The van der Waals surface area contributed by atoms with E-state index >= 15 is 0 Å². The Hall–Kier alpha value is -1.51. The first kappa shape index (κ1) is 21.5. The Kier molecular flexibility index (Phi) is 12.7. The monoisotopic (exact) mass is 347 g/mol. The van der Waals surface area contributed by atoms with Crippen LogP contribution in [0.5, 0.6) is 5.75 Å². The number of aromatic hydroxyl groups is 1. The molecule has 142 valence electrons. The van der Waals surface area contributed by atoms with E-state index in [1.807, 2.05) is 6.07 Å². The number of nitrogens with zero attached hydrogens (tertiary/aromatic N) is 1. The van der Waals surface area contributed by atoms with Crippen LogP contribution < -0.4 is 0 Å². The molecule has 0 spiro atoms. The third kappa shape index (κ3) is 10.2. The van der Waals surface area contributed by atoms with E-state index < -0.39 is 0 Å². The van der Waals surface area contributed by atoms with Crippen molar-refractivity contribution in [1.82, 2.24) is 0 Å². The van der Waals surface area contributed by atoms with Gasteiger partial charge in [-0.25, -0.2) is 0 Å². The molecule has 0 fully saturated rings. The molecule has 3 nitrogen and oxygen atoms in total. The third-order valence-corrected chi connectivity index (χ3v) is 4.85. The SMILES string of the molecule is CCCCCCCCCCCCCCC/C(=N/O)c1ccccc1O. The van der Waals surface area contributed by atoms with E-state index in [0.29, 0.717) is 17.7 Å². The van der Waals surface area contributed by atoms with Crippen molar-refractivity contribution in [3.8, 4) is 5.75 Å². The van der Waals surface area contributed by atoms with Gasteiger partial charge in [0.05, 0.1) is 5.71 Å². The molecule has 2 N–H and O–H groups in total. The average Bonchev–Trinajstić information content (AvgIpc) is 2.63. The summed E-state index contributed by atoms with van der Waals surface area (Å²) in [6.45, 7) is 2.27. The number of rotatable bonds is 15. The topological polar surface area (TPSA) is 52.8 Å². The number of phenols is 1. The first-order valence-electron chi connectivity index (χ1n) is 10.3. The summed E-state index contributed by atoms with van der Waals surface area (Å²) in [6, 6.07) is 7.06. The fraction of sp³-hybridized carbons (Fsp3) is 0.682. The van der Waals surface area contributed by atoms with Crippen LogP contribution in [0.3, 0.4) is 0 Å². The van der Waals surface area contributed by atoms with Gasteiger partial charge in [-0.1, -0.05) is 101 Å². The van der Waals surface area contributed by atoms with Crippen LogP contribution in [0.25, 0.3) is 0 Å². The molecule has 0 aliphatic carbocycles. The second kappa shape index (κ2) is 14.8. The second-order valence-corrected chi connectivity index (χ2v) is 7.06. The molecule has 0 atom stereocenters. The Bertz CT molecular complexity index is 471. The molecule has 0 unspecified atom stereocenters. The van der Waals surface area contributed by atoms with Gasteiger partial charge in [-0.05, 0) is 25.0 Å². The lowest BCUT2D eigenvalue weighted by Gasteiger charge is -2.07. The fourth-order valence-corrected chi connectivity index (χ4v) is 3.27. The molecule has 0 radical (unpaired) electrons. The van der Waals surface area contributed by atoms with Gasteiger partial charge in [0.15, 0.2) is 0 Å². The number of para-hydroxylation sites is 1. The Morgan fingerprint density at radius 1 is 0.760 bits per heavy atom. The number of hydrogen-bond donors (Lipinski definition) is 2. The molecule has 0 saturated carbocycles. The maximum absolute atomic E-state index is 9.82. The minimum atomic E-state index is 0.185. The first-order valence-corrected chi connectivity index (χ1v) is 10.3. The van der Waals surface area contributed by atoms with Crippen molar-refractivity contribution in [1.29, 1.82) is 0 Å². The van der Waals surface area contributed by atoms with Gasteiger partial charge < -0.3 is 10.3 Å². The Morgan fingerprint density at radius 2 is 1.24 bits per heavy atom. The van der Waals surface area contributed by atoms with E-state index in [1.165, 1.54) is 70.6 Å². The van der Waals surface area contributed by atoms with Gasteiger partial charge in [0.25, 0.3) is 0 Å². The third-order valence-electron chi connectivity index (χ3n) is 4.85. The molecule has 25 heavy (non-hydrogen) atoms. The van der Waals surface area contributed by atoms with Gasteiger partial charge in [-0.15, -0.1) is 0 Å². The van der Waals surface area contributed by atoms with Crippen LogP contribution in [0, 0.1) is 0 Å². The van der Waals surface area contributed by atoms with Crippen molar-refractivity contribution in [2.75, 3.05) is 0 Å². The molecule has 1 aromatic carbocycles. The molecule has 0 aliphatic rings. The summed E-state index contributed by atoms with van der Waals surface area (Å²) >= 11 is 0. The van der Waals surface area contributed by atoms with Crippen LogP contribution in [0.2, 0.25) is 0 Å². The van der Waals surface area contributed by atoms with E-state index in [2.05, 4.69) is 12.1 Å². The number of oxime groups is 1. The lowest BCUT2D eigenvalue weighted by Crippen LogP contribution is -2.01. The van der Waals surface area contributed by atoms with Crippen molar-refractivity contribution in [3.05, 3.63) is 29.8 Å². The highest BCUT2D eigenvalue weighted by atomic mass is 16.4. The van der Waals surface area contributed by atoms with E-state index in [1.54, 1.807) is 18.2 Å². The zero-order chi connectivity index (χ0) is 18.2. The maximum Gasteiger partial charge on any atom is 0.124 e. The Morgan fingerprint density at radius 3 is 1.72 bits per heavy atom. The molecular weight excluding hydrogens is 310 g/mol. The van der Waals surface area contributed by atoms with Crippen LogP contribution in [0.4, 0.5) is 0 Å². The molecule has 0 aromatic heterocycles. The van der Waals surface area contributed by atoms with Crippen LogP contribution in [-0.4, -0.2) is 16.0 Å². The summed E-state index contributed by atoms with van der Waals surface area (Å²) in [5.41, 5.74) is 1.23. The van der Waals surface area contributed by atoms with Gasteiger partial charge >= 0.3 is 0 Å². The highest BCUT2D eigenvalue weighted by Crippen LogP contribution is 2.20. The number of hydrogen-bond acceptors (Lipinski definition) is 3. The molecule has 0 amide bonds. The quantitative estimate of drug-likeness (QED) is 0.154. The first-order chi connectivity index (χ1) is 12.3. The summed E-state index contributed by atoms with van der Waals surface area (Å²) in [4.78, 5) is 0. The molecule has 3 heteroatoms. The van der Waals surface area contributed by atoms with Crippen LogP contribution in [-0.2, 0) is 0 Å². The smallest absolute Gasteiger partial charge is 0.124 e. The largest absolute Gasteiger partial charge is 0.507 e. The summed E-state index contributed by atoms with van der Waals surface area (Å²) in [5.74, 6) is 0.185. The van der Waals surface area contributed by atoms with Gasteiger partial charge in [-0.2, -0.15) is 0 Å². The minimum Gasteiger partial charge on any atom is -0.507 e. The van der Waals surface area contributed by atoms with Crippen molar-refractivity contribution in [3.63, 3.8) is 0 Å². The zero-order valence-electron chi connectivity index (χ0n) is 16.1. The summed E-state index contributed by atoms with van der Waals surface area (Å²) in [6.07, 6.45) is 17.9. The normalized spacial score (nSPS) is 11.8. The van der Waals surface area contributed by atoms with Gasteiger partial charge in [0.2, 0.25) is 0 Å². The van der Waals surface area contributed by atoms with E-state index in [9.17, 15) is 10.3 Å². The lowest BCUT2D eigenvalue weighted by atomic mass is 10.0. The predicted octanol–water partition coefficient (Wildman–Crippen LogP) is 7.05. The van der Waals surface area contributed by atoms with E-state index in [0.717, 1.165) is 12.8 Å². The molecular formula is C22H37NO2. The van der Waals surface area contributed by atoms with Crippen LogP contribution >= 0.6 is 0 Å². The van der Waals surface area contributed by atoms with Crippen molar-refractivity contribution >= 4 is 5.71 Å². The van der Waals surface area contributed by atoms with Gasteiger partial charge in [0, 0.05) is 5.56 Å².